The van der Waals surface area contributed by atoms with E-state index in [2.05, 4.69) is 53.3 Å². The largest absolute Gasteiger partial charge is 0.345 e. The number of benzene rings is 1. The smallest absolute Gasteiger partial charge is 0.268 e. The lowest BCUT2D eigenvalue weighted by atomic mass is 10.0. The first-order valence-corrected chi connectivity index (χ1v) is 7.37. The number of hydrogen-bond donors (Lipinski definition) is 1. The molecule has 0 aliphatic rings. The molecule has 0 aliphatic carbocycles. The molecule has 0 spiro atoms. The third kappa shape index (κ3) is 3.12. The highest BCUT2D eigenvalue weighted by atomic mass is 79.9. The molecule has 1 unspecified atom stereocenters. The summed E-state index contributed by atoms with van der Waals surface area (Å²) < 4.78 is 2.72. The number of nitrogens with one attached hydrogen (secondary N) is 1. The van der Waals surface area contributed by atoms with E-state index >= 15 is 0 Å². The van der Waals surface area contributed by atoms with Gasteiger partial charge in [0.2, 0.25) is 0 Å². The standard InChI is InChI=1S/C16H19BrN2O/c1-10-5-6-14(11(2)7-10)12(3)18-16(20)15-8-13(17)9-19(15)4/h5-9,12H,1-4H3,(H,18,20). The highest BCUT2D eigenvalue weighted by Crippen LogP contribution is 2.20. The molecule has 1 aromatic carbocycles. The summed E-state index contributed by atoms with van der Waals surface area (Å²) >= 11 is 3.38. The Kier molecular flexibility index (Phi) is 4.33. The van der Waals surface area contributed by atoms with Crippen LogP contribution in [-0.4, -0.2) is 10.5 Å². The number of halogens is 1. The fourth-order valence-electron chi connectivity index (χ4n) is 2.41. The van der Waals surface area contributed by atoms with Crippen molar-refractivity contribution in [3.63, 3.8) is 0 Å². The van der Waals surface area contributed by atoms with Crippen LogP contribution in [0.4, 0.5) is 0 Å². The van der Waals surface area contributed by atoms with E-state index < -0.39 is 0 Å². The average Bonchev–Trinajstić information content (AvgIpc) is 2.68. The summed E-state index contributed by atoms with van der Waals surface area (Å²) in [5.74, 6) is -0.0642. The lowest BCUT2D eigenvalue weighted by molar-refractivity contribution is 0.0931. The van der Waals surface area contributed by atoms with Crippen LogP contribution in [0.1, 0.15) is 40.1 Å². The zero-order valence-electron chi connectivity index (χ0n) is 12.2. The molecule has 1 atom stereocenters. The third-order valence-corrected chi connectivity index (χ3v) is 3.88. The monoisotopic (exact) mass is 334 g/mol. The van der Waals surface area contributed by atoms with Crippen molar-refractivity contribution in [3.05, 3.63) is 57.3 Å². The molecule has 4 heteroatoms. The maximum Gasteiger partial charge on any atom is 0.268 e. The van der Waals surface area contributed by atoms with E-state index in [9.17, 15) is 4.79 Å². The van der Waals surface area contributed by atoms with Crippen LogP contribution in [0.3, 0.4) is 0 Å². The van der Waals surface area contributed by atoms with Crippen molar-refractivity contribution in [1.82, 2.24) is 9.88 Å². The third-order valence-electron chi connectivity index (χ3n) is 3.44. The minimum atomic E-state index is -0.0642. The Labute approximate surface area is 128 Å². The molecule has 3 nitrogen and oxygen atoms in total. The molecule has 0 fully saturated rings. The highest BCUT2D eigenvalue weighted by Gasteiger charge is 2.15. The van der Waals surface area contributed by atoms with Crippen molar-refractivity contribution in [2.45, 2.75) is 26.8 Å². The first-order valence-electron chi connectivity index (χ1n) is 6.58. The summed E-state index contributed by atoms with van der Waals surface area (Å²) in [6.45, 7) is 6.15. The second-order valence-corrected chi connectivity index (χ2v) is 6.13. The molecule has 0 aliphatic heterocycles. The molecular weight excluding hydrogens is 316 g/mol. The van der Waals surface area contributed by atoms with E-state index in [1.54, 1.807) is 0 Å². The topological polar surface area (TPSA) is 34.0 Å². The van der Waals surface area contributed by atoms with Crippen LogP contribution in [0, 0.1) is 13.8 Å². The van der Waals surface area contributed by atoms with Crippen molar-refractivity contribution < 1.29 is 4.79 Å². The van der Waals surface area contributed by atoms with Crippen LogP contribution in [0.2, 0.25) is 0 Å². The van der Waals surface area contributed by atoms with Gasteiger partial charge in [-0.05, 0) is 53.9 Å². The van der Waals surface area contributed by atoms with Gasteiger partial charge in [0, 0.05) is 17.7 Å². The molecule has 1 amide bonds. The summed E-state index contributed by atoms with van der Waals surface area (Å²) in [7, 11) is 1.86. The van der Waals surface area contributed by atoms with Gasteiger partial charge in [0.1, 0.15) is 5.69 Å². The Morgan fingerprint density at radius 2 is 2.00 bits per heavy atom. The average molecular weight is 335 g/mol. The second-order valence-electron chi connectivity index (χ2n) is 5.21. The van der Waals surface area contributed by atoms with E-state index in [-0.39, 0.29) is 11.9 Å². The van der Waals surface area contributed by atoms with E-state index in [4.69, 9.17) is 0 Å². The van der Waals surface area contributed by atoms with Crippen molar-refractivity contribution in [2.75, 3.05) is 0 Å². The summed E-state index contributed by atoms with van der Waals surface area (Å²) in [5.41, 5.74) is 4.23. The normalized spacial score (nSPS) is 12.2. The first kappa shape index (κ1) is 14.9. The lowest BCUT2D eigenvalue weighted by Crippen LogP contribution is -2.28. The molecule has 1 N–H and O–H groups in total. The maximum atomic E-state index is 12.3. The summed E-state index contributed by atoms with van der Waals surface area (Å²) in [6.07, 6.45) is 1.87. The number of carbonyl (C=O) groups is 1. The Morgan fingerprint density at radius 1 is 1.30 bits per heavy atom. The van der Waals surface area contributed by atoms with Gasteiger partial charge in [0.25, 0.3) is 5.91 Å². The Morgan fingerprint density at radius 3 is 2.55 bits per heavy atom. The molecule has 106 valence electrons. The number of amides is 1. The quantitative estimate of drug-likeness (QED) is 0.907. The van der Waals surface area contributed by atoms with Gasteiger partial charge in [-0.25, -0.2) is 0 Å². The molecule has 2 aromatic rings. The van der Waals surface area contributed by atoms with E-state index in [1.165, 1.54) is 11.1 Å². The Hall–Kier alpha value is -1.55. The van der Waals surface area contributed by atoms with Crippen LogP contribution in [-0.2, 0) is 7.05 Å². The molecule has 0 saturated carbocycles. The van der Waals surface area contributed by atoms with Crippen molar-refractivity contribution in [2.24, 2.45) is 7.05 Å². The van der Waals surface area contributed by atoms with E-state index in [0.29, 0.717) is 5.69 Å². The van der Waals surface area contributed by atoms with Gasteiger partial charge in [0.15, 0.2) is 0 Å². The molecule has 1 heterocycles. The van der Waals surface area contributed by atoms with E-state index in [1.807, 2.05) is 30.8 Å². The van der Waals surface area contributed by atoms with Crippen LogP contribution in [0.25, 0.3) is 0 Å². The predicted molar refractivity (Wildman–Crippen MR) is 84.9 cm³/mol. The Bertz CT molecular complexity index is 646. The van der Waals surface area contributed by atoms with Crippen LogP contribution in [0.15, 0.2) is 34.9 Å². The predicted octanol–water partition coefficient (Wildman–Crippen LogP) is 3.90. The summed E-state index contributed by atoms with van der Waals surface area (Å²) in [6, 6.07) is 8.10. The lowest BCUT2D eigenvalue weighted by Gasteiger charge is -2.17. The number of rotatable bonds is 3. The van der Waals surface area contributed by atoms with Crippen molar-refractivity contribution in [3.8, 4) is 0 Å². The molecule has 0 saturated heterocycles. The van der Waals surface area contributed by atoms with Gasteiger partial charge in [-0.1, -0.05) is 23.8 Å². The van der Waals surface area contributed by atoms with Crippen LogP contribution in [0.5, 0.6) is 0 Å². The molecule has 1 aromatic heterocycles. The molecule has 20 heavy (non-hydrogen) atoms. The van der Waals surface area contributed by atoms with Gasteiger partial charge in [-0.3, -0.25) is 4.79 Å². The van der Waals surface area contributed by atoms with Crippen LogP contribution >= 0.6 is 15.9 Å². The van der Waals surface area contributed by atoms with Gasteiger partial charge in [0.05, 0.1) is 6.04 Å². The highest BCUT2D eigenvalue weighted by molar-refractivity contribution is 9.10. The fourth-order valence-corrected chi connectivity index (χ4v) is 2.93. The van der Waals surface area contributed by atoms with Gasteiger partial charge < -0.3 is 9.88 Å². The van der Waals surface area contributed by atoms with Gasteiger partial charge in [-0.2, -0.15) is 0 Å². The number of aromatic nitrogens is 1. The molecular formula is C16H19BrN2O. The van der Waals surface area contributed by atoms with Gasteiger partial charge in [-0.15, -0.1) is 0 Å². The SMILES string of the molecule is Cc1ccc(C(C)NC(=O)c2cc(Br)cn2C)c(C)c1. The summed E-state index contributed by atoms with van der Waals surface area (Å²) in [5, 5.41) is 3.05. The van der Waals surface area contributed by atoms with Crippen LogP contribution < -0.4 is 5.32 Å². The number of carbonyl (C=O) groups excluding carboxylic acids is 1. The second kappa shape index (κ2) is 5.83. The maximum absolute atomic E-state index is 12.3. The fraction of sp³-hybridized carbons (Fsp3) is 0.312. The minimum Gasteiger partial charge on any atom is -0.345 e. The number of hydrogen-bond acceptors (Lipinski definition) is 1. The van der Waals surface area contributed by atoms with E-state index in [0.717, 1.165) is 10.0 Å². The molecule has 0 bridgehead atoms. The van der Waals surface area contributed by atoms with Gasteiger partial charge >= 0.3 is 0 Å². The molecule has 2 rings (SSSR count). The Balaban J connectivity index is 2.17. The number of nitrogens with zero attached hydrogens (tertiary/aromatic N) is 1. The minimum absolute atomic E-state index is 0.0169. The molecule has 0 radical (unpaired) electrons. The zero-order chi connectivity index (χ0) is 14.9. The van der Waals surface area contributed by atoms with Crippen molar-refractivity contribution in [1.29, 1.82) is 0 Å². The number of aryl methyl sites for hydroxylation is 3. The zero-order valence-corrected chi connectivity index (χ0v) is 13.8. The first-order chi connectivity index (χ1) is 9.38. The van der Waals surface area contributed by atoms with Crippen molar-refractivity contribution >= 4 is 21.8 Å². The summed E-state index contributed by atoms with van der Waals surface area (Å²) in [4.78, 5) is 12.3.